The van der Waals surface area contributed by atoms with Crippen LogP contribution in [0.1, 0.15) is 54.9 Å². The van der Waals surface area contributed by atoms with Crippen molar-refractivity contribution in [3.8, 4) is 0 Å². The Hall–Kier alpha value is -1.93. The molecule has 0 bridgehead atoms. The minimum Gasteiger partial charge on any atom is -0.352 e. The first-order valence-corrected chi connectivity index (χ1v) is 12.2. The molecular weight excluding hydrogens is 402 g/mol. The minimum atomic E-state index is -3.84. The second-order valence-electron chi connectivity index (χ2n) is 8.81. The number of nitrogens with zero attached hydrogens (tertiary/aromatic N) is 1. The summed E-state index contributed by atoms with van der Waals surface area (Å²) in [5, 5.41) is 2.95. The predicted molar refractivity (Wildman–Crippen MR) is 116 cm³/mol. The van der Waals surface area contributed by atoms with E-state index < -0.39 is 16.1 Å². The third-order valence-corrected chi connectivity index (χ3v) is 8.18. The largest absolute Gasteiger partial charge is 0.352 e. The maximum absolute atomic E-state index is 13.0. The first-order valence-electron chi connectivity index (χ1n) is 10.7. The van der Waals surface area contributed by atoms with Gasteiger partial charge in [0.2, 0.25) is 21.8 Å². The van der Waals surface area contributed by atoms with Crippen molar-refractivity contribution in [2.45, 2.75) is 77.3 Å². The van der Waals surface area contributed by atoms with E-state index in [1.54, 1.807) is 20.8 Å². The Morgan fingerprint density at radius 3 is 2.03 bits per heavy atom. The quantitative estimate of drug-likeness (QED) is 0.715. The number of likely N-dealkylation sites (tertiary alicyclic amines) is 1. The number of piperidine rings is 1. The molecule has 0 spiro atoms. The van der Waals surface area contributed by atoms with Gasteiger partial charge < -0.3 is 10.2 Å². The zero-order chi connectivity index (χ0) is 22.2. The molecule has 1 heterocycles. The van der Waals surface area contributed by atoms with Crippen molar-refractivity contribution in [1.29, 1.82) is 0 Å². The molecule has 1 saturated carbocycles. The number of hydrogen-bond donors (Lipinski definition) is 2. The molecule has 0 radical (unpaired) electrons. The van der Waals surface area contributed by atoms with Gasteiger partial charge in [-0.05, 0) is 82.6 Å². The van der Waals surface area contributed by atoms with Gasteiger partial charge in [0.25, 0.3) is 0 Å². The van der Waals surface area contributed by atoms with Gasteiger partial charge in [0.05, 0.1) is 10.9 Å². The summed E-state index contributed by atoms with van der Waals surface area (Å²) in [4.78, 5) is 26.9. The number of carbonyl (C=O) groups is 2. The average molecular weight is 436 g/mol. The molecule has 2 aliphatic rings. The number of sulfonamides is 1. The van der Waals surface area contributed by atoms with E-state index in [-0.39, 0.29) is 28.7 Å². The fraction of sp³-hybridized carbons (Fsp3) is 0.636. The monoisotopic (exact) mass is 435 g/mol. The second kappa shape index (κ2) is 8.67. The Morgan fingerprint density at radius 2 is 1.53 bits per heavy atom. The molecule has 1 atom stereocenters. The lowest BCUT2D eigenvalue weighted by molar-refractivity contribution is -0.133. The number of amides is 2. The highest BCUT2D eigenvalue weighted by Gasteiger charge is 2.35. The Labute approximate surface area is 179 Å². The summed E-state index contributed by atoms with van der Waals surface area (Å²) in [6.07, 6.45) is 3.37. The zero-order valence-corrected chi connectivity index (χ0v) is 19.4. The highest BCUT2D eigenvalue weighted by molar-refractivity contribution is 7.89. The van der Waals surface area contributed by atoms with Gasteiger partial charge >= 0.3 is 0 Å². The summed E-state index contributed by atoms with van der Waals surface area (Å²) in [7, 11) is -3.84. The van der Waals surface area contributed by atoms with Crippen LogP contribution in [0.25, 0.3) is 0 Å². The van der Waals surface area contributed by atoms with Crippen LogP contribution in [0, 0.1) is 33.6 Å². The lowest BCUT2D eigenvalue weighted by atomic mass is 10.0. The SMILES string of the molecule is Cc1cc(C)c(C)c(S(=O)(=O)N[C@H](C)C(=O)NC2CCN(C(=O)C3CC3)CC2)c1C. The van der Waals surface area contributed by atoms with Gasteiger partial charge in [0, 0.05) is 25.0 Å². The van der Waals surface area contributed by atoms with Crippen LogP contribution in [0.3, 0.4) is 0 Å². The fourth-order valence-corrected chi connectivity index (χ4v) is 5.91. The van der Waals surface area contributed by atoms with Crippen LogP contribution in [0.5, 0.6) is 0 Å². The van der Waals surface area contributed by atoms with E-state index in [0.717, 1.165) is 24.0 Å². The zero-order valence-electron chi connectivity index (χ0n) is 18.5. The molecule has 2 fully saturated rings. The molecule has 3 rings (SSSR count). The Morgan fingerprint density at radius 1 is 1.00 bits per heavy atom. The molecule has 2 amide bonds. The number of nitrogens with one attached hydrogen (secondary N) is 2. The van der Waals surface area contributed by atoms with Gasteiger partial charge in [-0.25, -0.2) is 8.42 Å². The lowest BCUT2D eigenvalue weighted by Gasteiger charge is -2.33. The Kier molecular flexibility index (Phi) is 6.57. The highest BCUT2D eigenvalue weighted by atomic mass is 32.2. The van der Waals surface area contributed by atoms with Crippen LogP contribution in [0.4, 0.5) is 0 Å². The molecule has 0 unspecified atom stereocenters. The van der Waals surface area contributed by atoms with E-state index in [1.807, 2.05) is 24.8 Å². The van der Waals surface area contributed by atoms with Crippen molar-refractivity contribution < 1.29 is 18.0 Å². The number of aryl methyl sites for hydroxylation is 2. The molecule has 8 heteroatoms. The molecule has 1 aliphatic carbocycles. The maximum atomic E-state index is 13.0. The van der Waals surface area contributed by atoms with Crippen molar-refractivity contribution in [3.05, 3.63) is 28.3 Å². The Balaban J connectivity index is 1.60. The molecule has 1 aromatic rings. The van der Waals surface area contributed by atoms with Crippen LogP contribution >= 0.6 is 0 Å². The lowest BCUT2D eigenvalue weighted by Crippen LogP contribution is -2.52. The summed E-state index contributed by atoms with van der Waals surface area (Å²) in [5.41, 5.74) is 3.21. The van der Waals surface area contributed by atoms with Gasteiger partial charge in [0.15, 0.2) is 0 Å². The third kappa shape index (κ3) is 4.86. The minimum absolute atomic E-state index is 0.0441. The molecule has 7 nitrogen and oxygen atoms in total. The van der Waals surface area contributed by atoms with Crippen LogP contribution in [-0.2, 0) is 19.6 Å². The van der Waals surface area contributed by atoms with E-state index in [2.05, 4.69) is 10.0 Å². The van der Waals surface area contributed by atoms with Gasteiger partial charge in [0.1, 0.15) is 0 Å². The molecule has 30 heavy (non-hydrogen) atoms. The topological polar surface area (TPSA) is 95.6 Å². The Bertz CT molecular complexity index is 919. The van der Waals surface area contributed by atoms with Crippen molar-refractivity contribution >= 4 is 21.8 Å². The van der Waals surface area contributed by atoms with Crippen molar-refractivity contribution in [1.82, 2.24) is 14.9 Å². The van der Waals surface area contributed by atoms with Crippen LogP contribution in [-0.4, -0.2) is 50.3 Å². The summed E-state index contributed by atoms with van der Waals surface area (Å²) < 4.78 is 28.6. The fourth-order valence-electron chi connectivity index (χ4n) is 4.09. The molecule has 1 aliphatic heterocycles. The summed E-state index contributed by atoms with van der Waals surface area (Å²) in [5.74, 6) is 0.105. The average Bonchev–Trinajstić information content (AvgIpc) is 3.51. The standard InChI is InChI=1S/C22H33N3O4S/c1-13-12-14(2)16(4)20(15(13)3)30(28,29)24-17(5)21(26)23-19-8-10-25(11-9-19)22(27)18-6-7-18/h12,17-19,24H,6-11H2,1-5H3,(H,23,26)/t17-/m1/s1. The second-order valence-corrected chi connectivity index (χ2v) is 10.5. The van der Waals surface area contributed by atoms with Crippen molar-refractivity contribution in [3.63, 3.8) is 0 Å². The smallest absolute Gasteiger partial charge is 0.241 e. The number of benzene rings is 1. The number of hydrogen-bond acceptors (Lipinski definition) is 4. The number of carbonyl (C=O) groups excluding carboxylic acids is 2. The first-order chi connectivity index (χ1) is 14.0. The van der Waals surface area contributed by atoms with E-state index in [0.29, 0.717) is 37.1 Å². The van der Waals surface area contributed by atoms with Gasteiger partial charge in [-0.1, -0.05) is 6.07 Å². The normalized spacial score (nSPS) is 18.9. The van der Waals surface area contributed by atoms with E-state index in [1.165, 1.54) is 0 Å². The van der Waals surface area contributed by atoms with E-state index >= 15 is 0 Å². The summed E-state index contributed by atoms with van der Waals surface area (Å²) >= 11 is 0. The molecule has 1 saturated heterocycles. The van der Waals surface area contributed by atoms with Crippen LogP contribution in [0.15, 0.2) is 11.0 Å². The molecule has 2 N–H and O–H groups in total. The van der Waals surface area contributed by atoms with Gasteiger partial charge in [-0.3, -0.25) is 9.59 Å². The molecule has 166 valence electrons. The van der Waals surface area contributed by atoms with Gasteiger partial charge in [-0.15, -0.1) is 0 Å². The summed E-state index contributed by atoms with van der Waals surface area (Å²) in [6.45, 7) is 10.2. The van der Waals surface area contributed by atoms with Crippen molar-refractivity contribution in [2.75, 3.05) is 13.1 Å². The molecular formula is C22H33N3O4S. The molecule has 1 aromatic carbocycles. The van der Waals surface area contributed by atoms with E-state index in [9.17, 15) is 18.0 Å². The predicted octanol–water partition coefficient (Wildman–Crippen LogP) is 2.10. The summed E-state index contributed by atoms with van der Waals surface area (Å²) in [6, 6.07) is 1.04. The highest BCUT2D eigenvalue weighted by Crippen LogP contribution is 2.32. The third-order valence-electron chi connectivity index (χ3n) is 6.37. The van der Waals surface area contributed by atoms with Crippen molar-refractivity contribution in [2.24, 2.45) is 5.92 Å². The van der Waals surface area contributed by atoms with Crippen LogP contribution in [0.2, 0.25) is 0 Å². The maximum Gasteiger partial charge on any atom is 0.241 e. The van der Waals surface area contributed by atoms with E-state index in [4.69, 9.17) is 0 Å². The van der Waals surface area contributed by atoms with Gasteiger partial charge in [-0.2, -0.15) is 4.72 Å². The number of rotatable bonds is 6. The first kappa shape index (κ1) is 22.7. The van der Waals surface area contributed by atoms with Crippen LogP contribution < -0.4 is 10.0 Å². The molecule has 0 aromatic heterocycles.